The Hall–Kier alpha value is 0.217. The zero-order valence-corrected chi connectivity index (χ0v) is 15.4. The van der Waals surface area contributed by atoms with E-state index in [-0.39, 0.29) is 0 Å². The molecular formula is C18H40Si. The van der Waals surface area contributed by atoms with Crippen molar-refractivity contribution in [3.63, 3.8) is 0 Å². The maximum atomic E-state index is 2.42. The fourth-order valence-electron chi connectivity index (χ4n) is 3.53. The van der Waals surface area contributed by atoms with Crippen molar-refractivity contribution in [3.05, 3.63) is 0 Å². The smallest absolute Gasteiger partial charge is 0.0535 e. The van der Waals surface area contributed by atoms with Crippen LogP contribution in [0.2, 0.25) is 24.2 Å². The maximum Gasteiger partial charge on any atom is 0.0535 e. The Kier molecular flexibility index (Phi) is 13.4. The van der Waals surface area contributed by atoms with Crippen LogP contribution in [0.1, 0.15) is 91.9 Å². The highest BCUT2D eigenvalue weighted by Gasteiger charge is 2.29. The predicted molar refractivity (Wildman–Crippen MR) is 93.8 cm³/mol. The van der Waals surface area contributed by atoms with E-state index in [1.165, 1.54) is 64.2 Å². The molecule has 0 atom stereocenters. The van der Waals surface area contributed by atoms with E-state index < -0.39 is 8.07 Å². The summed E-state index contributed by atoms with van der Waals surface area (Å²) in [5.74, 6) is 0. The van der Waals surface area contributed by atoms with Gasteiger partial charge in [0.1, 0.15) is 0 Å². The normalized spacial score (nSPS) is 12.0. The Bertz CT molecular complexity index is 150. The molecule has 1 heteroatoms. The molecule has 0 aliphatic rings. The first-order valence-electron chi connectivity index (χ1n) is 9.24. The van der Waals surface area contributed by atoms with Crippen LogP contribution in [-0.4, -0.2) is 8.07 Å². The second-order valence-electron chi connectivity index (χ2n) is 6.62. The first-order chi connectivity index (χ1) is 9.24. The lowest BCUT2D eigenvalue weighted by Crippen LogP contribution is -2.33. The lowest BCUT2D eigenvalue weighted by atomic mass is 10.3. The van der Waals surface area contributed by atoms with Crippen molar-refractivity contribution >= 4 is 8.07 Å². The van der Waals surface area contributed by atoms with Crippen LogP contribution in [0.15, 0.2) is 0 Å². The molecule has 0 aromatic rings. The molecule has 0 aromatic carbocycles. The molecule has 0 radical (unpaired) electrons. The average molecular weight is 285 g/mol. The van der Waals surface area contributed by atoms with Crippen molar-refractivity contribution < 1.29 is 0 Å². The Morgan fingerprint density at radius 2 is 0.789 bits per heavy atom. The van der Waals surface area contributed by atoms with Crippen LogP contribution >= 0.6 is 0 Å². The molecule has 0 bridgehead atoms. The van der Waals surface area contributed by atoms with Crippen molar-refractivity contribution in [3.8, 4) is 0 Å². The van der Waals surface area contributed by atoms with Crippen LogP contribution in [0.3, 0.4) is 0 Å². The van der Waals surface area contributed by atoms with Gasteiger partial charge in [-0.05, 0) is 0 Å². The highest BCUT2D eigenvalue weighted by atomic mass is 28.3. The van der Waals surface area contributed by atoms with Gasteiger partial charge in [-0.25, -0.2) is 0 Å². The zero-order chi connectivity index (χ0) is 14.4. The summed E-state index contributed by atoms with van der Waals surface area (Å²) in [4.78, 5) is 0. The zero-order valence-electron chi connectivity index (χ0n) is 14.4. The van der Waals surface area contributed by atoms with Crippen LogP contribution in [0, 0.1) is 0 Å². The minimum Gasteiger partial charge on any atom is -0.0657 e. The summed E-state index contributed by atoms with van der Waals surface area (Å²) in [5.41, 5.74) is 0. The second kappa shape index (κ2) is 13.2. The third-order valence-electron chi connectivity index (χ3n) is 4.71. The van der Waals surface area contributed by atoms with Gasteiger partial charge < -0.3 is 0 Å². The van der Waals surface area contributed by atoms with E-state index >= 15 is 0 Å². The minimum atomic E-state index is -0.907. The molecule has 0 aliphatic carbocycles. The highest BCUT2D eigenvalue weighted by molar-refractivity contribution is 6.79. The topological polar surface area (TPSA) is 0 Å². The van der Waals surface area contributed by atoms with Crippen LogP contribution < -0.4 is 0 Å². The van der Waals surface area contributed by atoms with Gasteiger partial charge in [0.25, 0.3) is 0 Å². The van der Waals surface area contributed by atoms with E-state index in [1.807, 2.05) is 0 Å². The van der Waals surface area contributed by atoms with E-state index in [4.69, 9.17) is 0 Å². The summed E-state index contributed by atoms with van der Waals surface area (Å²) in [6.07, 6.45) is 14.6. The summed E-state index contributed by atoms with van der Waals surface area (Å²) in [6, 6.07) is 6.54. The summed E-state index contributed by atoms with van der Waals surface area (Å²) in [7, 11) is -0.907. The van der Waals surface area contributed by atoms with Gasteiger partial charge in [0.2, 0.25) is 0 Å². The molecule has 0 N–H and O–H groups in total. The van der Waals surface area contributed by atoms with Gasteiger partial charge >= 0.3 is 0 Å². The summed E-state index contributed by atoms with van der Waals surface area (Å²) in [5, 5.41) is 0. The van der Waals surface area contributed by atoms with Crippen LogP contribution in [0.5, 0.6) is 0 Å². The predicted octanol–water partition coefficient (Wildman–Crippen LogP) is 7.42. The number of rotatable bonds is 14. The molecule has 0 aliphatic heterocycles. The highest BCUT2D eigenvalue weighted by Crippen LogP contribution is 2.33. The summed E-state index contributed by atoms with van der Waals surface area (Å²) in [6.45, 7) is 9.45. The van der Waals surface area contributed by atoms with E-state index in [1.54, 1.807) is 24.2 Å². The van der Waals surface area contributed by atoms with Crippen LogP contribution in [0.25, 0.3) is 0 Å². The monoisotopic (exact) mass is 284 g/mol. The standard InChI is InChI=1S/C18H40Si/c1-5-9-12-16-19(15-8-4,17-13-10-6-2)18-14-11-7-3/h5-18H2,1-4H3. The fraction of sp³-hybridized carbons (Fsp3) is 1.00. The summed E-state index contributed by atoms with van der Waals surface area (Å²) >= 11 is 0. The fourth-order valence-corrected chi connectivity index (χ4v) is 9.09. The largest absolute Gasteiger partial charge is 0.0657 e. The quantitative estimate of drug-likeness (QED) is 0.230. The molecule has 0 amide bonds. The first kappa shape index (κ1) is 19.2. The number of unbranched alkanes of at least 4 members (excludes halogenated alkanes) is 6. The van der Waals surface area contributed by atoms with E-state index in [2.05, 4.69) is 27.7 Å². The molecule has 0 unspecified atom stereocenters. The van der Waals surface area contributed by atoms with Crippen molar-refractivity contribution in [1.82, 2.24) is 0 Å². The minimum absolute atomic E-state index is 0.907. The van der Waals surface area contributed by atoms with Gasteiger partial charge in [0.15, 0.2) is 0 Å². The first-order valence-corrected chi connectivity index (χ1v) is 12.1. The lowest BCUT2D eigenvalue weighted by Gasteiger charge is -2.32. The van der Waals surface area contributed by atoms with E-state index in [0.717, 1.165) is 0 Å². The molecule has 0 nitrogen and oxygen atoms in total. The van der Waals surface area contributed by atoms with Gasteiger partial charge in [0, 0.05) is 0 Å². The van der Waals surface area contributed by atoms with Crippen molar-refractivity contribution in [2.24, 2.45) is 0 Å². The molecule has 0 aromatic heterocycles. The lowest BCUT2D eigenvalue weighted by molar-refractivity contribution is 0.708. The Balaban J connectivity index is 4.37. The van der Waals surface area contributed by atoms with Gasteiger partial charge in [-0.2, -0.15) is 0 Å². The molecule has 19 heavy (non-hydrogen) atoms. The van der Waals surface area contributed by atoms with Crippen molar-refractivity contribution in [2.75, 3.05) is 0 Å². The number of hydrogen-bond donors (Lipinski definition) is 0. The molecule has 0 fully saturated rings. The molecule has 0 saturated heterocycles. The van der Waals surface area contributed by atoms with Crippen molar-refractivity contribution in [1.29, 1.82) is 0 Å². The Morgan fingerprint density at radius 3 is 1.05 bits per heavy atom. The maximum absolute atomic E-state index is 2.42. The Morgan fingerprint density at radius 1 is 0.421 bits per heavy atom. The molecule has 0 rings (SSSR count). The van der Waals surface area contributed by atoms with Gasteiger partial charge in [-0.1, -0.05) is 116 Å². The third kappa shape index (κ3) is 9.71. The number of hydrogen-bond acceptors (Lipinski definition) is 0. The molecule has 116 valence electrons. The average Bonchev–Trinajstić information content (AvgIpc) is 2.40. The van der Waals surface area contributed by atoms with Gasteiger partial charge in [-0.3, -0.25) is 0 Å². The molecule has 0 saturated carbocycles. The van der Waals surface area contributed by atoms with E-state index in [0.29, 0.717) is 0 Å². The third-order valence-corrected chi connectivity index (χ3v) is 10.5. The SMILES string of the molecule is CCCCC[Si](CCC)(CCCCC)CCCCC. The van der Waals surface area contributed by atoms with Gasteiger partial charge in [-0.15, -0.1) is 0 Å². The summed E-state index contributed by atoms with van der Waals surface area (Å²) < 4.78 is 0. The molecule has 0 heterocycles. The van der Waals surface area contributed by atoms with Crippen molar-refractivity contribution in [2.45, 2.75) is 116 Å². The van der Waals surface area contributed by atoms with Crippen LogP contribution in [0.4, 0.5) is 0 Å². The van der Waals surface area contributed by atoms with Gasteiger partial charge in [0.05, 0.1) is 8.07 Å². The Labute approximate surface area is 124 Å². The second-order valence-corrected chi connectivity index (χ2v) is 11.6. The van der Waals surface area contributed by atoms with Crippen LogP contribution in [-0.2, 0) is 0 Å². The molecule has 0 spiro atoms. The van der Waals surface area contributed by atoms with E-state index in [9.17, 15) is 0 Å². The molecular weight excluding hydrogens is 244 g/mol.